The molecule has 0 N–H and O–H groups in total. The van der Waals surface area contributed by atoms with Gasteiger partial charge in [-0.2, -0.15) is 0 Å². The van der Waals surface area contributed by atoms with E-state index in [0.29, 0.717) is 0 Å². The van der Waals surface area contributed by atoms with Crippen LogP contribution in [-0.2, 0) is 6.54 Å². The summed E-state index contributed by atoms with van der Waals surface area (Å²) in [6.45, 7) is 1.000. The number of hydrogen-bond acceptors (Lipinski definition) is 4. The molecule has 0 bridgehead atoms. The third kappa shape index (κ3) is 3.27. The van der Waals surface area contributed by atoms with Crippen LogP contribution in [0.2, 0.25) is 0 Å². The highest BCUT2D eigenvalue weighted by atomic mass is 32.2. The molecule has 0 unspecified atom stereocenters. The van der Waals surface area contributed by atoms with Crippen molar-refractivity contribution >= 4 is 11.8 Å². The second-order valence-electron chi connectivity index (χ2n) is 6.12. The number of methoxy groups -OCH3 is 2. The van der Waals surface area contributed by atoms with E-state index in [2.05, 4.69) is 34.9 Å². The zero-order valence-corrected chi connectivity index (χ0v) is 15.8. The van der Waals surface area contributed by atoms with Crippen molar-refractivity contribution in [1.29, 1.82) is 0 Å². The number of benzene rings is 2. The Morgan fingerprint density at radius 2 is 1.50 bits per heavy atom. The standard InChI is InChI=1S/C21H21N2O2S/c1-24-17-8-4-15(5-9-17)19-14-20(16-6-10-18(25-2)11-7-16)23-12-3-13-26-21(23)22-19/h4-11,14H,3,12-13H2,1-2H3/q+1. The maximum atomic E-state index is 5.30. The normalized spacial score (nSPS) is 13.2. The van der Waals surface area contributed by atoms with Gasteiger partial charge in [0.2, 0.25) is 0 Å². The van der Waals surface area contributed by atoms with Gasteiger partial charge in [-0.15, -0.1) is 0 Å². The highest BCUT2D eigenvalue weighted by molar-refractivity contribution is 7.99. The summed E-state index contributed by atoms with van der Waals surface area (Å²) in [6.07, 6.45) is 1.16. The second-order valence-corrected chi connectivity index (χ2v) is 7.18. The first-order valence-corrected chi connectivity index (χ1v) is 9.63. The van der Waals surface area contributed by atoms with Crippen molar-refractivity contribution < 1.29 is 14.0 Å². The van der Waals surface area contributed by atoms with E-state index >= 15 is 0 Å². The highest BCUT2D eigenvalue weighted by Gasteiger charge is 2.25. The van der Waals surface area contributed by atoms with Crippen LogP contribution < -0.4 is 14.0 Å². The summed E-state index contributed by atoms with van der Waals surface area (Å²) in [5.41, 5.74) is 4.44. The Morgan fingerprint density at radius 3 is 2.12 bits per heavy atom. The van der Waals surface area contributed by atoms with Gasteiger partial charge in [-0.05, 0) is 71.7 Å². The quantitative estimate of drug-likeness (QED) is 0.512. The molecule has 2 heterocycles. The minimum atomic E-state index is 0.853. The topological polar surface area (TPSA) is 35.2 Å². The van der Waals surface area contributed by atoms with Crippen LogP contribution in [0.25, 0.3) is 22.5 Å². The molecule has 1 aliphatic rings. The lowest BCUT2D eigenvalue weighted by atomic mass is 10.1. The summed E-state index contributed by atoms with van der Waals surface area (Å²) in [5, 5.41) is 1.08. The molecule has 26 heavy (non-hydrogen) atoms. The van der Waals surface area contributed by atoms with Gasteiger partial charge < -0.3 is 9.47 Å². The molecule has 0 fully saturated rings. The van der Waals surface area contributed by atoms with Crippen LogP contribution in [0, 0.1) is 0 Å². The maximum absolute atomic E-state index is 5.30. The average Bonchev–Trinajstić information content (AvgIpc) is 2.73. The Kier molecular flexibility index (Phi) is 4.80. The fourth-order valence-corrected chi connectivity index (χ4v) is 4.09. The van der Waals surface area contributed by atoms with Crippen LogP contribution >= 0.6 is 11.8 Å². The SMILES string of the molecule is COc1ccc(-c2cc(-c3ccc(OC)cc3)[n+]3c(n2)SCCC3)cc1. The van der Waals surface area contributed by atoms with E-state index in [9.17, 15) is 0 Å². The third-order valence-corrected chi connectivity index (χ3v) is 5.60. The van der Waals surface area contributed by atoms with Crippen LogP contribution in [0.4, 0.5) is 0 Å². The third-order valence-electron chi connectivity index (χ3n) is 4.54. The smallest absolute Gasteiger partial charge is 0.360 e. The van der Waals surface area contributed by atoms with Crippen molar-refractivity contribution in [2.75, 3.05) is 20.0 Å². The summed E-state index contributed by atoms with van der Waals surface area (Å²) in [7, 11) is 3.37. The predicted molar refractivity (Wildman–Crippen MR) is 104 cm³/mol. The van der Waals surface area contributed by atoms with E-state index in [1.54, 1.807) is 14.2 Å². The molecule has 5 heteroatoms. The van der Waals surface area contributed by atoms with Crippen molar-refractivity contribution in [2.24, 2.45) is 0 Å². The summed E-state index contributed by atoms with van der Waals surface area (Å²) in [5.74, 6) is 2.83. The number of fused-ring (bicyclic) bond motifs is 1. The molecule has 3 aromatic rings. The van der Waals surface area contributed by atoms with E-state index in [1.165, 1.54) is 11.3 Å². The van der Waals surface area contributed by atoms with Crippen molar-refractivity contribution in [2.45, 2.75) is 18.1 Å². The number of nitrogens with zero attached hydrogens (tertiary/aromatic N) is 2. The summed E-state index contributed by atoms with van der Waals surface area (Å²) in [6, 6.07) is 18.5. The number of rotatable bonds is 4. The van der Waals surface area contributed by atoms with Crippen LogP contribution in [0.3, 0.4) is 0 Å². The first kappa shape index (κ1) is 16.9. The predicted octanol–water partition coefficient (Wildman–Crippen LogP) is 4.22. The van der Waals surface area contributed by atoms with Crippen LogP contribution in [0.5, 0.6) is 11.5 Å². The monoisotopic (exact) mass is 365 g/mol. The molecule has 0 spiro atoms. The van der Waals surface area contributed by atoms with Crippen LogP contribution in [0.15, 0.2) is 59.8 Å². The second kappa shape index (κ2) is 7.38. The first-order valence-electron chi connectivity index (χ1n) is 8.65. The zero-order valence-electron chi connectivity index (χ0n) is 14.9. The molecule has 2 aromatic carbocycles. The van der Waals surface area contributed by atoms with Gasteiger partial charge in [0, 0.05) is 22.9 Å². The fraction of sp³-hybridized carbons (Fsp3) is 0.238. The van der Waals surface area contributed by atoms with Gasteiger partial charge in [0.15, 0.2) is 5.69 Å². The minimum absolute atomic E-state index is 0.853. The summed E-state index contributed by atoms with van der Waals surface area (Å²) < 4.78 is 12.9. The van der Waals surface area contributed by atoms with Gasteiger partial charge in [0.25, 0.3) is 0 Å². The maximum Gasteiger partial charge on any atom is 0.360 e. The van der Waals surface area contributed by atoms with Crippen molar-refractivity contribution in [3.63, 3.8) is 0 Å². The Bertz CT molecular complexity index is 909. The van der Waals surface area contributed by atoms with E-state index in [1.807, 2.05) is 36.0 Å². The molecule has 0 saturated heterocycles. The van der Waals surface area contributed by atoms with Gasteiger partial charge >= 0.3 is 5.16 Å². The fourth-order valence-electron chi connectivity index (χ4n) is 3.13. The number of ether oxygens (including phenoxy) is 2. The van der Waals surface area contributed by atoms with Gasteiger partial charge in [-0.1, -0.05) is 0 Å². The molecule has 132 valence electrons. The van der Waals surface area contributed by atoms with E-state index < -0.39 is 0 Å². The molecule has 0 saturated carbocycles. The van der Waals surface area contributed by atoms with E-state index in [4.69, 9.17) is 14.5 Å². The molecule has 0 atom stereocenters. The Balaban J connectivity index is 1.83. The average molecular weight is 365 g/mol. The molecular weight excluding hydrogens is 344 g/mol. The number of thioether (sulfide) groups is 1. The van der Waals surface area contributed by atoms with Crippen molar-refractivity contribution in [3.8, 4) is 34.0 Å². The van der Waals surface area contributed by atoms with Crippen LogP contribution in [-0.4, -0.2) is 25.0 Å². The molecule has 1 aromatic heterocycles. The van der Waals surface area contributed by atoms with Gasteiger partial charge in [0.1, 0.15) is 17.2 Å². The lowest BCUT2D eigenvalue weighted by molar-refractivity contribution is -0.728. The van der Waals surface area contributed by atoms with E-state index in [0.717, 1.165) is 46.6 Å². The van der Waals surface area contributed by atoms with Crippen LogP contribution in [0.1, 0.15) is 6.42 Å². The molecule has 0 radical (unpaired) electrons. The number of aromatic nitrogens is 2. The van der Waals surface area contributed by atoms with Crippen molar-refractivity contribution in [3.05, 3.63) is 54.6 Å². The van der Waals surface area contributed by atoms with Gasteiger partial charge in [-0.3, -0.25) is 0 Å². The first-order chi connectivity index (χ1) is 12.8. The number of hydrogen-bond donors (Lipinski definition) is 0. The van der Waals surface area contributed by atoms with Gasteiger partial charge in [-0.25, -0.2) is 4.57 Å². The Labute approximate surface area is 157 Å². The molecule has 0 aliphatic carbocycles. The zero-order chi connectivity index (χ0) is 17.9. The lowest BCUT2D eigenvalue weighted by Crippen LogP contribution is -2.42. The Hall–Kier alpha value is -2.53. The molecule has 4 rings (SSSR count). The molecule has 0 amide bonds. The molecular formula is C21H21N2O2S+. The van der Waals surface area contributed by atoms with Crippen molar-refractivity contribution in [1.82, 2.24) is 4.98 Å². The molecule has 1 aliphatic heterocycles. The lowest BCUT2D eigenvalue weighted by Gasteiger charge is -2.15. The summed E-state index contributed by atoms with van der Waals surface area (Å²) in [4.78, 5) is 4.92. The highest BCUT2D eigenvalue weighted by Crippen LogP contribution is 2.29. The van der Waals surface area contributed by atoms with Gasteiger partial charge in [0.05, 0.1) is 20.8 Å². The van der Waals surface area contributed by atoms with E-state index in [-0.39, 0.29) is 0 Å². The minimum Gasteiger partial charge on any atom is -0.497 e. The summed E-state index contributed by atoms with van der Waals surface area (Å²) >= 11 is 1.82. The largest absolute Gasteiger partial charge is 0.497 e. The Morgan fingerprint density at radius 1 is 0.885 bits per heavy atom. The molecule has 4 nitrogen and oxygen atoms in total.